The van der Waals surface area contributed by atoms with Gasteiger partial charge in [0.05, 0.1) is 0 Å². The lowest BCUT2D eigenvalue weighted by molar-refractivity contribution is 0.330. The normalized spacial score (nSPS) is 33.1. The molecule has 2 heteroatoms. The Hall–Kier alpha value is -0.500. The van der Waals surface area contributed by atoms with Crippen LogP contribution in [0.4, 0.5) is 0 Å². The SMILES string of the molecule is CCNC(C)C1=CNC2CCCCC12. The summed E-state index contributed by atoms with van der Waals surface area (Å²) in [5.41, 5.74) is 1.61. The Balaban J connectivity index is 1.98. The molecule has 0 aromatic carbocycles. The molecule has 2 aliphatic rings. The monoisotopic (exact) mass is 194 g/mol. The predicted molar refractivity (Wildman–Crippen MR) is 60.1 cm³/mol. The van der Waals surface area contributed by atoms with Crippen molar-refractivity contribution in [1.82, 2.24) is 10.6 Å². The fourth-order valence-corrected chi connectivity index (χ4v) is 2.91. The minimum absolute atomic E-state index is 0.556. The molecule has 0 aromatic heterocycles. The second-order valence-electron chi connectivity index (χ2n) is 4.59. The maximum atomic E-state index is 3.55. The van der Waals surface area contributed by atoms with Crippen LogP contribution in [-0.2, 0) is 0 Å². The van der Waals surface area contributed by atoms with E-state index in [1.54, 1.807) is 5.57 Å². The zero-order valence-electron chi connectivity index (χ0n) is 9.34. The van der Waals surface area contributed by atoms with E-state index in [4.69, 9.17) is 0 Å². The summed E-state index contributed by atoms with van der Waals surface area (Å²) in [6, 6.07) is 1.31. The molecule has 0 amide bonds. The minimum atomic E-state index is 0.556. The van der Waals surface area contributed by atoms with Crippen LogP contribution in [0.3, 0.4) is 0 Å². The standard InChI is InChI=1S/C12H22N2/c1-3-13-9(2)11-8-14-12-7-5-4-6-10(11)12/h8-10,12-14H,3-7H2,1-2H3. The van der Waals surface area contributed by atoms with E-state index < -0.39 is 0 Å². The van der Waals surface area contributed by atoms with Crippen molar-refractivity contribution in [3.8, 4) is 0 Å². The molecular weight excluding hydrogens is 172 g/mol. The van der Waals surface area contributed by atoms with E-state index in [0.29, 0.717) is 6.04 Å². The van der Waals surface area contributed by atoms with Crippen LogP contribution >= 0.6 is 0 Å². The molecule has 2 N–H and O–H groups in total. The van der Waals surface area contributed by atoms with Crippen LogP contribution in [0.15, 0.2) is 11.8 Å². The number of likely N-dealkylation sites (N-methyl/N-ethyl adjacent to an activating group) is 1. The molecule has 2 rings (SSSR count). The highest BCUT2D eigenvalue weighted by Gasteiger charge is 2.33. The van der Waals surface area contributed by atoms with Crippen LogP contribution in [0.2, 0.25) is 0 Å². The van der Waals surface area contributed by atoms with Gasteiger partial charge in [0.1, 0.15) is 0 Å². The molecule has 0 radical (unpaired) electrons. The summed E-state index contributed by atoms with van der Waals surface area (Å²) >= 11 is 0. The lowest BCUT2D eigenvalue weighted by Gasteiger charge is -2.29. The number of fused-ring (bicyclic) bond motifs is 1. The van der Waals surface area contributed by atoms with Gasteiger partial charge in [-0.25, -0.2) is 0 Å². The summed E-state index contributed by atoms with van der Waals surface area (Å²) in [5, 5.41) is 7.06. The van der Waals surface area contributed by atoms with Gasteiger partial charge in [-0.2, -0.15) is 0 Å². The van der Waals surface area contributed by atoms with E-state index in [1.165, 1.54) is 25.7 Å². The van der Waals surface area contributed by atoms with Crippen molar-refractivity contribution in [2.45, 2.75) is 51.6 Å². The maximum absolute atomic E-state index is 3.55. The Morgan fingerprint density at radius 3 is 3.07 bits per heavy atom. The summed E-state index contributed by atoms with van der Waals surface area (Å²) in [5.74, 6) is 0.817. The maximum Gasteiger partial charge on any atom is 0.0322 e. The molecule has 0 saturated heterocycles. The number of hydrogen-bond donors (Lipinski definition) is 2. The Kier molecular flexibility index (Phi) is 3.12. The first-order chi connectivity index (χ1) is 6.83. The van der Waals surface area contributed by atoms with Crippen molar-refractivity contribution in [3.63, 3.8) is 0 Å². The van der Waals surface area contributed by atoms with Gasteiger partial charge in [0.25, 0.3) is 0 Å². The van der Waals surface area contributed by atoms with E-state index >= 15 is 0 Å². The molecule has 3 atom stereocenters. The van der Waals surface area contributed by atoms with Crippen LogP contribution in [-0.4, -0.2) is 18.6 Å². The molecule has 0 bridgehead atoms. The average Bonchev–Trinajstić information content (AvgIpc) is 2.61. The van der Waals surface area contributed by atoms with Crippen molar-refractivity contribution in [2.24, 2.45) is 5.92 Å². The molecule has 1 fully saturated rings. The molecule has 1 heterocycles. The first kappa shape index (κ1) is 10.0. The lowest BCUT2D eigenvalue weighted by atomic mass is 9.80. The predicted octanol–water partition coefficient (Wildman–Crippen LogP) is 2.03. The highest BCUT2D eigenvalue weighted by molar-refractivity contribution is 5.22. The summed E-state index contributed by atoms with van der Waals surface area (Å²) in [6.45, 7) is 5.53. The van der Waals surface area contributed by atoms with Crippen molar-refractivity contribution in [1.29, 1.82) is 0 Å². The van der Waals surface area contributed by atoms with Gasteiger partial charge in [-0.05, 0) is 38.1 Å². The van der Waals surface area contributed by atoms with Crippen LogP contribution < -0.4 is 10.6 Å². The van der Waals surface area contributed by atoms with Gasteiger partial charge < -0.3 is 10.6 Å². The Morgan fingerprint density at radius 1 is 1.50 bits per heavy atom. The van der Waals surface area contributed by atoms with E-state index in [-0.39, 0.29) is 0 Å². The number of nitrogens with one attached hydrogen (secondary N) is 2. The van der Waals surface area contributed by atoms with E-state index in [1.807, 2.05) is 0 Å². The Bertz CT molecular complexity index is 222. The lowest BCUT2D eigenvalue weighted by Crippen LogP contribution is -2.35. The summed E-state index contributed by atoms with van der Waals surface area (Å²) in [6.07, 6.45) is 7.85. The van der Waals surface area contributed by atoms with E-state index in [0.717, 1.165) is 18.5 Å². The molecule has 2 nitrogen and oxygen atoms in total. The van der Waals surface area contributed by atoms with Gasteiger partial charge in [0.15, 0.2) is 0 Å². The zero-order chi connectivity index (χ0) is 9.97. The van der Waals surface area contributed by atoms with Gasteiger partial charge in [-0.1, -0.05) is 19.8 Å². The third-order valence-corrected chi connectivity index (χ3v) is 3.67. The Labute approximate surface area is 87.2 Å². The van der Waals surface area contributed by atoms with Crippen molar-refractivity contribution in [2.75, 3.05) is 6.54 Å². The van der Waals surface area contributed by atoms with Crippen LogP contribution in [0, 0.1) is 5.92 Å². The topological polar surface area (TPSA) is 24.1 Å². The van der Waals surface area contributed by atoms with Crippen LogP contribution in [0.25, 0.3) is 0 Å². The molecule has 3 unspecified atom stereocenters. The fourth-order valence-electron chi connectivity index (χ4n) is 2.91. The quantitative estimate of drug-likeness (QED) is 0.718. The second kappa shape index (κ2) is 4.35. The fraction of sp³-hybridized carbons (Fsp3) is 0.833. The summed E-state index contributed by atoms with van der Waals surface area (Å²) in [4.78, 5) is 0. The van der Waals surface area contributed by atoms with Crippen LogP contribution in [0.5, 0.6) is 0 Å². The molecule has 0 spiro atoms. The highest BCUT2D eigenvalue weighted by atomic mass is 15.0. The molecule has 1 aliphatic heterocycles. The molecule has 1 aliphatic carbocycles. The number of hydrogen-bond acceptors (Lipinski definition) is 2. The van der Waals surface area contributed by atoms with E-state index in [2.05, 4.69) is 30.7 Å². The van der Waals surface area contributed by atoms with Gasteiger partial charge in [0, 0.05) is 18.0 Å². The number of rotatable bonds is 3. The molecule has 0 aromatic rings. The van der Waals surface area contributed by atoms with Gasteiger partial charge in [-0.15, -0.1) is 0 Å². The second-order valence-corrected chi connectivity index (χ2v) is 4.59. The largest absolute Gasteiger partial charge is 0.388 e. The molecule has 1 saturated carbocycles. The van der Waals surface area contributed by atoms with Gasteiger partial charge >= 0.3 is 0 Å². The summed E-state index contributed by atoms with van der Waals surface area (Å²) in [7, 11) is 0. The third kappa shape index (κ3) is 1.81. The molecule has 14 heavy (non-hydrogen) atoms. The average molecular weight is 194 g/mol. The molecule has 80 valence electrons. The zero-order valence-corrected chi connectivity index (χ0v) is 9.34. The smallest absolute Gasteiger partial charge is 0.0322 e. The highest BCUT2D eigenvalue weighted by Crippen LogP contribution is 2.35. The van der Waals surface area contributed by atoms with Crippen molar-refractivity contribution >= 4 is 0 Å². The van der Waals surface area contributed by atoms with Crippen molar-refractivity contribution in [3.05, 3.63) is 11.8 Å². The Morgan fingerprint density at radius 2 is 2.29 bits per heavy atom. The first-order valence-corrected chi connectivity index (χ1v) is 6.02. The van der Waals surface area contributed by atoms with Gasteiger partial charge in [-0.3, -0.25) is 0 Å². The minimum Gasteiger partial charge on any atom is -0.388 e. The van der Waals surface area contributed by atoms with Crippen LogP contribution in [0.1, 0.15) is 39.5 Å². The first-order valence-electron chi connectivity index (χ1n) is 6.02. The van der Waals surface area contributed by atoms with Crippen molar-refractivity contribution < 1.29 is 0 Å². The van der Waals surface area contributed by atoms with E-state index in [9.17, 15) is 0 Å². The molecular formula is C12H22N2. The summed E-state index contributed by atoms with van der Waals surface area (Å²) < 4.78 is 0. The van der Waals surface area contributed by atoms with Gasteiger partial charge in [0.2, 0.25) is 0 Å². The third-order valence-electron chi connectivity index (χ3n) is 3.67.